The van der Waals surface area contributed by atoms with Gasteiger partial charge in [0.15, 0.2) is 6.61 Å². The Morgan fingerprint density at radius 1 is 1.10 bits per heavy atom. The summed E-state index contributed by atoms with van der Waals surface area (Å²) in [6, 6.07) is 16.8. The topological polar surface area (TPSA) is 86.1 Å². The Kier molecular flexibility index (Phi) is 6.08. The van der Waals surface area contributed by atoms with Crippen LogP contribution >= 0.6 is 11.3 Å². The molecule has 8 heteroatoms. The third-order valence-electron chi connectivity index (χ3n) is 4.74. The lowest BCUT2D eigenvalue weighted by molar-refractivity contribution is -0.123. The van der Waals surface area contributed by atoms with Gasteiger partial charge >= 0.3 is 0 Å². The summed E-state index contributed by atoms with van der Waals surface area (Å²) in [5.41, 5.74) is 1.37. The zero-order valence-corrected chi connectivity index (χ0v) is 18.1. The summed E-state index contributed by atoms with van der Waals surface area (Å²) in [5.74, 6) is 0.376. The predicted octanol–water partition coefficient (Wildman–Crippen LogP) is 3.33. The third kappa shape index (κ3) is 4.97. The van der Waals surface area contributed by atoms with E-state index in [0.717, 1.165) is 26.4 Å². The Labute approximate surface area is 183 Å². The van der Waals surface area contributed by atoms with E-state index in [1.165, 1.54) is 10.7 Å². The van der Waals surface area contributed by atoms with Gasteiger partial charge in [0.25, 0.3) is 11.5 Å². The Hall–Kier alpha value is -3.52. The fourth-order valence-electron chi connectivity index (χ4n) is 3.26. The summed E-state index contributed by atoms with van der Waals surface area (Å²) in [7, 11) is 0. The van der Waals surface area contributed by atoms with Crippen molar-refractivity contribution in [3.63, 3.8) is 0 Å². The molecule has 2 aromatic heterocycles. The molecule has 0 aliphatic rings. The van der Waals surface area contributed by atoms with Crippen molar-refractivity contribution in [3.8, 4) is 16.3 Å². The van der Waals surface area contributed by atoms with Gasteiger partial charge in [-0.3, -0.25) is 9.59 Å². The molecule has 2 heterocycles. The molecule has 0 aliphatic carbocycles. The van der Waals surface area contributed by atoms with Crippen molar-refractivity contribution in [2.45, 2.75) is 20.4 Å². The van der Waals surface area contributed by atoms with Crippen molar-refractivity contribution in [1.29, 1.82) is 0 Å². The highest BCUT2D eigenvalue weighted by Crippen LogP contribution is 2.27. The number of thiazole rings is 1. The molecule has 0 radical (unpaired) electrons. The highest BCUT2D eigenvalue weighted by molar-refractivity contribution is 7.15. The Morgan fingerprint density at radius 2 is 1.90 bits per heavy atom. The first-order chi connectivity index (χ1) is 15.0. The lowest BCUT2D eigenvalue weighted by Gasteiger charge is -2.10. The SMILES string of the molecule is Cc1nc(C)c(-c2ccc(=O)n(CCNC(=O)COc3ccc4ccccc4c3)n2)s1. The minimum Gasteiger partial charge on any atom is -0.484 e. The van der Waals surface area contributed by atoms with Crippen molar-refractivity contribution in [1.82, 2.24) is 20.1 Å². The number of fused-ring (bicyclic) bond motifs is 1. The number of hydrogen-bond donors (Lipinski definition) is 1. The van der Waals surface area contributed by atoms with Crippen LogP contribution in [-0.4, -0.2) is 33.8 Å². The fourth-order valence-corrected chi connectivity index (χ4v) is 4.14. The molecule has 0 aliphatic heterocycles. The van der Waals surface area contributed by atoms with Gasteiger partial charge in [0.05, 0.1) is 22.1 Å². The smallest absolute Gasteiger partial charge is 0.266 e. The number of aromatic nitrogens is 3. The first-order valence-electron chi connectivity index (χ1n) is 9.90. The van der Waals surface area contributed by atoms with Crippen LogP contribution in [0, 0.1) is 13.8 Å². The van der Waals surface area contributed by atoms with Crippen molar-refractivity contribution >= 4 is 28.0 Å². The molecule has 7 nitrogen and oxygen atoms in total. The van der Waals surface area contributed by atoms with Gasteiger partial charge in [0, 0.05) is 12.6 Å². The summed E-state index contributed by atoms with van der Waals surface area (Å²) < 4.78 is 6.95. The van der Waals surface area contributed by atoms with Gasteiger partial charge in [-0.15, -0.1) is 11.3 Å². The molecule has 0 spiro atoms. The van der Waals surface area contributed by atoms with Crippen LogP contribution in [0.5, 0.6) is 5.75 Å². The first-order valence-corrected chi connectivity index (χ1v) is 10.7. The molecular formula is C23H22N4O3S. The minimum atomic E-state index is -0.258. The molecule has 0 saturated carbocycles. The number of benzene rings is 2. The first kappa shape index (κ1) is 20.7. The van der Waals surface area contributed by atoms with Gasteiger partial charge in [-0.05, 0) is 42.8 Å². The lowest BCUT2D eigenvalue weighted by atomic mass is 10.1. The molecule has 4 aromatic rings. The second-order valence-electron chi connectivity index (χ2n) is 7.07. The van der Waals surface area contributed by atoms with Gasteiger partial charge in [-0.1, -0.05) is 30.3 Å². The lowest BCUT2D eigenvalue weighted by Crippen LogP contribution is -2.34. The number of carbonyl (C=O) groups excluding carboxylic acids is 1. The maximum Gasteiger partial charge on any atom is 0.266 e. The fraction of sp³-hybridized carbons (Fsp3) is 0.217. The van der Waals surface area contributed by atoms with Gasteiger partial charge in [0.2, 0.25) is 0 Å². The number of hydrogen-bond acceptors (Lipinski definition) is 6. The van der Waals surface area contributed by atoms with Gasteiger partial charge in [0.1, 0.15) is 11.4 Å². The maximum absolute atomic E-state index is 12.1. The third-order valence-corrected chi connectivity index (χ3v) is 5.83. The summed E-state index contributed by atoms with van der Waals surface area (Å²) in [5, 5.41) is 10.3. The van der Waals surface area contributed by atoms with E-state index in [1.807, 2.05) is 56.3 Å². The van der Waals surface area contributed by atoms with Gasteiger partial charge in [-0.2, -0.15) is 5.10 Å². The molecule has 0 fully saturated rings. The number of ether oxygens (including phenoxy) is 1. The molecule has 31 heavy (non-hydrogen) atoms. The number of nitrogens with zero attached hydrogens (tertiary/aromatic N) is 3. The standard InChI is InChI=1S/C23H22N4O3S/c1-15-23(31-16(2)25-15)20-9-10-22(29)27(26-20)12-11-24-21(28)14-30-19-8-7-17-5-3-4-6-18(17)13-19/h3-10,13H,11-12,14H2,1-2H3,(H,24,28). The molecule has 158 valence electrons. The van der Waals surface area contributed by atoms with Crippen LogP contribution < -0.4 is 15.6 Å². The second-order valence-corrected chi connectivity index (χ2v) is 8.28. The highest BCUT2D eigenvalue weighted by Gasteiger charge is 2.11. The number of nitrogens with one attached hydrogen (secondary N) is 1. The van der Waals surface area contributed by atoms with Crippen LogP contribution in [0.15, 0.2) is 59.4 Å². The summed E-state index contributed by atoms with van der Waals surface area (Å²) in [6.45, 7) is 4.31. The molecule has 0 atom stereocenters. The van der Waals surface area contributed by atoms with E-state index in [0.29, 0.717) is 11.4 Å². The van der Waals surface area contributed by atoms with Crippen LogP contribution in [0.4, 0.5) is 0 Å². The minimum absolute atomic E-state index is 0.0972. The monoisotopic (exact) mass is 434 g/mol. The summed E-state index contributed by atoms with van der Waals surface area (Å²) in [4.78, 5) is 29.6. The van der Waals surface area contributed by atoms with E-state index < -0.39 is 0 Å². The zero-order chi connectivity index (χ0) is 21.8. The van der Waals surface area contributed by atoms with Crippen molar-refractivity contribution in [3.05, 3.63) is 75.7 Å². The molecule has 0 unspecified atom stereocenters. The van der Waals surface area contributed by atoms with Crippen molar-refractivity contribution < 1.29 is 9.53 Å². The molecule has 4 rings (SSSR count). The second kappa shape index (κ2) is 9.09. The molecule has 1 amide bonds. The van der Waals surface area contributed by atoms with Crippen LogP contribution in [0.3, 0.4) is 0 Å². The molecule has 0 bridgehead atoms. The van der Waals surface area contributed by atoms with E-state index in [1.54, 1.807) is 17.4 Å². The molecule has 0 saturated heterocycles. The summed E-state index contributed by atoms with van der Waals surface area (Å²) >= 11 is 1.54. The average molecular weight is 435 g/mol. The van der Waals surface area contributed by atoms with Crippen LogP contribution in [-0.2, 0) is 11.3 Å². The van der Waals surface area contributed by atoms with Crippen molar-refractivity contribution in [2.24, 2.45) is 0 Å². The predicted molar refractivity (Wildman–Crippen MR) is 122 cm³/mol. The zero-order valence-electron chi connectivity index (χ0n) is 17.3. The normalized spacial score (nSPS) is 10.9. The van der Waals surface area contributed by atoms with E-state index in [4.69, 9.17) is 4.74 Å². The Morgan fingerprint density at radius 3 is 2.68 bits per heavy atom. The van der Waals surface area contributed by atoms with Gasteiger partial charge in [-0.25, -0.2) is 9.67 Å². The van der Waals surface area contributed by atoms with Crippen LogP contribution in [0.25, 0.3) is 21.3 Å². The van der Waals surface area contributed by atoms with E-state index in [2.05, 4.69) is 15.4 Å². The Balaban J connectivity index is 1.32. The van der Waals surface area contributed by atoms with Crippen LogP contribution in [0.2, 0.25) is 0 Å². The number of aryl methyl sites for hydroxylation is 2. The van der Waals surface area contributed by atoms with E-state index in [9.17, 15) is 9.59 Å². The van der Waals surface area contributed by atoms with Crippen LogP contribution in [0.1, 0.15) is 10.7 Å². The number of carbonyl (C=O) groups is 1. The Bertz CT molecular complexity index is 1300. The molecule has 1 N–H and O–H groups in total. The largest absolute Gasteiger partial charge is 0.484 e. The number of amides is 1. The molecular weight excluding hydrogens is 412 g/mol. The highest BCUT2D eigenvalue weighted by atomic mass is 32.1. The quantitative estimate of drug-likeness (QED) is 0.482. The molecule has 2 aromatic carbocycles. The maximum atomic E-state index is 12.1. The average Bonchev–Trinajstić information content (AvgIpc) is 3.11. The van der Waals surface area contributed by atoms with Crippen molar-refractivity contribution in [2.75, 3.05) is 13.2 Å². The number of rotatable bonds is 7. The summed E-state index contributed by atoms with van der Waals surface area (Å²) in [6.07, 6.45) is 0. The van der Waals surface area contributed by atoms with E-state index in [-0.39, 0.29) is 31.2 Å². The van der Waals surface area contributed by atoms with E-state index >= 15 is 0 Å². The van der Waals surface area contributed by atoms with Gasteiger partial charge < -0.3 is 10.1 Å².